The second-order valence-corrected chi connectivity index (χ2v) is 6.69. The zero-order valence-corrected chi connectivity index (χ0v) is 14.2. The van der Waals surface area contributed by atoms with Crippen molar-refractivity contribution in [2.24, 2.45) is 13.0 Å². The molecular weight excluding hydrogens is 302 g/mol. The van der Waals surface area contributed by atoms with Crippen LogP contribution in [0, 0.1) is 5.92 Å². The quantitative estimate of drug-likeness (QED) is 0.501. The van der Waals surface area contributed by atoms with Crippen LogP contribution >= 0.6 is 0 Å². The lowest BCUT2D eigenvalue weighted by Crippen LogP contribution is -2.14. The van der Waals surface area contributed by atoms with Crippen LogP contribution in [0.5, 0.6) is 0 Å². The van der Waals surface area contributed by atoms with E-state index in [1.54, 1.807) is 11.6 Å². The summed E-state index contributed by atoms with van der Waals surface area (Å²) in [6.45, 7) is 0. The molecule has 0 radical (unpaired) electrons. The Kier molecular flexibility index (Phi) is 5.30. The van der Waals surface area contributed by atoms with Crippen LogP contribution < -0.4 is 5.48 Å². The number of hydroxylamine groups is 1. The standard InChI is InChI=1S/C19H25N3O2/c1-22-17-10-7-15(9-12-19(23)21-24)13-16(17)20-18(22)11-8-14-5-3-2-4-6-14/h7,9-10,12-14,24H,2-6,8,11H2,1H3,(H,21,23). The van der Waals surface area contributed by atoms with Crippen molar-refractivity contribution < 1.29 is 10.0 Å². The molecule has 1 aliphatic rings. The van der Waals surface area contributed by atoms with Crippen molar-refractivity contribution >= 4 is 23.0 Å². The molecule has 1 fully saturated rings. The Balaban J connectivity index is 1.73. The van der Waals surface area contributed by atoms with Gasteiger partial charge in [0.1, 0.15) is 5.82 Å². The molecule has 0 atom stereocenters. The highest BCUT2D eigenvalue weighted by molar-refractivity contribution is 5.91. The second-order valence-electron chi connectivity index (χ2n) is 6.69. The maximum atomic E-state index is 11.1. The van der Waals surface area contributed by atoms with Gasteiger partial charge in [0.15, 0.2) is 0 Å². The van der Waals surface area contributed by atoms with E-state index in [2.05, 4.69) is 11.6 Å². The number of imidazole rings is 1. The normalized spacial score (nSPS) is 16.1. The number of aromatic nitrogens is 2. The Morgan fingerprint density at radius 1 is 1.38 bits per heavy atom. The molecule has 3 rings (SSSR count). The highest BCUT2D eigenvalue weighted by Crippen LogP contribution is 2.28. The van der Waals surface area contributed by atoms with Crippen LogP contribution in [0.2, 0.25) is 0 Å². The van der Waals surface area contributed by atoms with Crippen LogP contribution in [-0.4, -0.2) is 20.7 Å². The molecule has 1 saturated carbocycles. The van der Waals surface area contributed by atoms with Crippen molar-refractivity contribution in [3.8, 4) is 0 Å². The third-order valence-corrected chi connectivity index (χ3v) is 5.04. The first-order chi connectivity index (χ1) is 11.7. The maximum absolute atomic E-state index is 11.1. The Bertz CT molecular complexity index is 742. The molecular formula is C19H25N3O2. The summed E-state index contributed by atoms with van der Waals surface area (Å²) in [5.74, 6) is 1.45. The van der Waals surface area contributed by atoms with Gasteiger partial charge in [-0.05, 0) is 36.1 Å². The SMILES string of the molecule is Cn1c(CCC2CCCCC2)nc2cc(C=CC(=O)NO)ccc21. The lowest BCUT2D eigenvalue weighted by atomic mass is 9.86. The van der Waals surface area contributed by atoms with Gasteiger partial charge in [-0.3, -0.25) is 10.0 Å². The molecule has 1 aromatic heterocycles. The van der Waals surface area contributed by atoms with E-state index in [1.807, 2.05) is 18.2 Å². The number of hydrogen-bond acceptors (Lipinski definition) is 3. The van der Waals surface area contributed by atoms with Crippen LogP contribution in [0.4, 0.5) is 0 Å². The second kappa shape index (κ2) is 7.62. The fourth-order valence-electron chi connectivity index (χ4n) is 3.61. The molecule has 128 valence electrons. The van der Waals surface area contributed by atoms with E-state index in [0.29, 0.717) is 0 Å². The van der Waals surface area contributed by atoms with E-state index >= 15 is 0 Å². The van der Waals surface area contributed by atoms with E-state index < -0.39 is 5.91 Å². The number of fused-ring (bicyclic) bond motifs is 1. The predicted molar refractivity (Wildman–Crippen MR) is 94.6 cm³/mol. The smallest absolute Gasteiger partial charge is 0.267 e. The predicted octanol–water partition coefficient (Wildman–Crippen LogP) is 3.60. The summed E-state index contributed by atoms with van der Waals surface area (Å²) in [6.07, 6.45) is 12.1. The molecule has 24 heavy (non-hydrogen) atoms. The number of aryl methyl sites for hydroxylation is 2. The first kappa shape index (κ1) is 16.7. The topological polar surface area (TPSA) is 67.2 Å². The summed E-state index contributed by atoms with van der Waals surface area (Å²) in [7, 11) is 2.07. The van der Waals surface area contributed by atoms with E-state index in [-0.39, 0.29) is 0 Å². The minimum atomic E-state index is -0.538. The third-order valence-electron chi connectivity index (χ3n) is 5.04. The number of nitrogens with one attached hydrogen (secondary N) is 1. The van der Waals surface area contributed by atoms with E-state index in [9.17, 15) is 4.79 Å². The van der Waals surface area contributed by atoms with Crippen LogP contribution in [-0.2, 0) is 18.3 Å². The van der Waals surface area contributed by atoms with Gasteiger partial charge in [0.25, 0.3) is 5.91 Å². The molecule has 1 aliphatic carbocycles. The fraction of sp³-hybridized carbons (Fsp3) is 0.474. The average molecular weight is 327 g/mol. The molecule has 0 bridgehead atoms. The molecule has 1 heterocycles. The van der Waals surface area contributed by atoms with Gasteiger partial charge < -0.3 is 4.57 Å². The highest BCUT2D eigenvalue weighted by atomic mass is 16.5. The van der Waals surface area contributed by atoms with Crippen LogP contribution in [0.3, 0.4) is 0 Å². The molecule has 2 N–H and O–H groups in total. The van der Waals surface area contributed by atoms with Crippen molar-refractivity contribution in [1.82, 2.24) is 15.0 Å². The van der Waals surface area contributed by atoms with Gasteiger partial charge in [-0.1, -0.05) is 38.2 Å². The first-order valence-corrected chi connectivity index (χ1v) is 8.75. The summed E-state index contributed by atoms with van der Waals surface area (Å²) < 4.78 is 2.17. The molecule has 5 heteroatoms. The molecule has 0 spiro atoms. The number of benzene rings is 1. The lowest BCUT2D eigenvalue weighted by Gasteiger charge is -2.21. The Morgan fingerprint density at radius 3 is 2.92 bits per heavy atom. The monoisotopic (exact) mass is 327 g/mol. The molecule has 0 saturated heterocycles. The zero-order chi connectivity index (χ0) is 16.9. The fourth-order valence-corrected chi connectivity index (χ4v) is 3.61. The molecule has 2 aromatic rings. The average Bonchev–Trinajstić information content (AvgIpc) is 2.94. The Morgan fingerprint density at radius 2 is 2.17 bits per heavy atom. The number of nitrogens with zero attached hydrogens (tertiary/aromatic N) is 2. The van der Waals surface area contributed by atoms with Gasteiger partial charge >= 0.3 is 0 Å². The summed E-state index contributed by atoms with van der Waals surface area (Å²) in [4.78, 5) is 15.9. The summed E-state index contributed by atoms with van der Waals surface area (Å²) >= 11 is 0. The van der Waals surface area contributed by atoms with Crippen LogP contribution in [0.15, 0.2) is 24.3 Å². The minimum absolute atomic E-state index is 0.538. The number of rotatable bonds is 5. The van der Waals surface area contributed by atoms with Gasteiger partial charge in [0, 0.05) is 19.5 Å². The first-order valence-electron chi connectivity index (χ1n) is 8.75. The van der Waals surface area contributed by atoms with Crippen molar-refractivity contribution in [2.75, 3.05) is 0 Å². The molecule has 1 amide bonds. The van der Waals surface area contributed by atoms with Gasteiger partial charge in [0.05, 0.1) is 11.0 Å². The Labute approximate surface area is 142 Å². The summed E-state index contributed by atoms with van der Waals surface area (Å²) in [6, 6.07) is 5.96. The zero-order valence-electron chi connectivity index (χ0n) is 14.2. The molecule has 0 aliphatic heterocycles. The largest absolute Gasteiger partial charge is 0.331 e. The molecule has 0 unspecified atom stereocenters. The van der Waals surface area contributed by atoms with Crippen molar-refractivity contribution in [2.45, 2.75) is 44.9 Å². The highest BCUT2D eigenvalue weighted by Gasteiger charge is 2.15. The summed E-state index contributed by atoms with van der Waals surface area (Å²) in [5, 5.41) is 8.52. The van der Waals surface area contributed by atoms with E-state index in [1.165, 1.54) is 44.6 Å². The van der Waals surface area contributed by atoms with Crippen molar-refractivity contribution in [3.63, 3.8) is 0 Å². The van der Waals surface area contributed by atoms with Gasteiger partial charge in [-0.25, -0.2) is 10.5 Å². The van der Waals surface area contributed by atoms with E-state index in [4.69, 9.17) is 10.2 Å². The number of carbonyl (C=O) groups is 1. The summed E-state index contributed by atoms with van der Waals surface area (Å²) in [5.41, 5.74) is 4.54. The number of carbonyl (C=O) groups excluding carboxylic acids is 1. The minimum Gasteiger partial charge on any atom is -0.331 e. The van der Waals surface area contributed by atoms with E-state index in [0.717, 1.165) is 34.8 Å². The molecule has 5 nitrogen and oxygen atoms in total. The van der Waals surface area contributed by atoms with Gasteiger partial charge in [0.2, 0.25) is 0 Å². The molecule has 1 aromatic carbocycles. The number of amides is 1. The number of hydrogen-bond donors (Lipinski definition) is 2. The lowest BCUT2D eigenvalue weighted by molar-refractivity contribution is -0.124. The van der Waals surface area contributed by atoms with Crippen LogP contribution in [0.25, 0.3) is 17.1 Å². The third kappa shape index (κ3) is 3.85. The van der Waals surface area contributed by atoms with Crippen LogP contribution in [0.1, 0.15) is 49.9 Å². The van der Waals surface area contributed by atoms with Crippen molar-refractivity contribution in [1.29, 1.82) is 0 Å². The Hall–Kier alpha value is -2.14. The maximum Gasteiger partial charge on any atom is 0.267 e. The van der Waals surface area contributed by atoms with Gasteiger partial charge in [-0.2, -0.15) is 0 Å². The van der Waals surface area contributed by atoms with Crippen molar-refractivity contribution in [3.05, 3.63) is 35.7 Å². The van der Waals surface area contributed by atoms with Gasteiger partial charge in [-0.15, -0.1) is 0 Å².